The number of aryl methyl sites for hydroxylation is 2. The molecule has 5 aromatic rings. The van der Waals surface area contributed by atoms with Crippen molar-refractivity contribution in [1.82, 2.24) is 29.9 Å². The topological polar surface area (TPSA) is 112 Å². The van der Waals surface area contributed by atoms with Crippen LogP contribution in [0.2, 0.25) is 0 Å². The van der Waals surface area contributed by atoms with E-state index in [1.807, 2.05) is 68.4 Å². The lowest BCUT2D eigenvalue weighted by atomic mass is 10.1. The molecular weight excluding hydrogens is 540 g/mol. The zero-order chi connectivity index (χ0) is 29.8. The van der Waals surface area contributed by atoms with Gasteiger partial charge < -0.3 is 20.1 Å². The molecule has 10 nitrogen and oxygen atoms in total. The third kappa shape index (κ3) is 6.77. The van der Waals surface area contributed by atoms with E-state index < -0.39 is 0 Å². The van der Waals surface area contributed by atoms with Gasteiger partial charge >= 0.3 is 0 Å². The van der Waals surface area contributed by atoms with E-state index >= 15 is 0 Å². The van der Waals surface area contributed by atoms with Crippen LogP contribution in [0.1, 0.15) is 27.0 Å². The van der Waals surface area contributed by atoms with Crippen LogP contribution in [-0.2, 0) is 6.54 Å². The Bertz CT molecular complexity index is 1730. The normalized spacial score (nSPS) is 14.0. The molecule has 0 bridgehead atoms. The number of rotatable bonds is 8. The summed E-state index contributed by atoms with van der Waals surface area (Å²) in [5, 5.41) is 10.2. The number of amides is 1. The van der Waals surface area contributed by atoms with Crippen molar-refractivity contribution < 1.29 is 9.32 Å². The van der Waals surface area contributed by atoms with E-state index in [4.69, 9.17) is 9.51 Å². The Kier molecular flexibility index (Phi) is 8.21. The SMILES string of the molecule is Cc1ccc(NC(=O)c2ccc(CN3CCN(C)CC3)cc2)cc1Nc1nccc(-c2cncc(-c3oncc3C)c2)n1. The highest BCUT2D eigenvalue weighted by Crippen LogP contribution is 2.28. The predicted molar refractivity (Wildman–Crippen MR) is 167 cm³/mol. The second-order valence-electron chi connectivity index (χ2n) is 11.0. The summed E-state index contributed by atoms with van der Waals surface area (Å²) >= 11 is 0. The summed E-state index contributed by atoms with van der Waals surface area (Å²) in [6.45, 7) is 9.12. The molecule has 0 aliphatic carbocycles. The monoisotopic (exact) mass is 574 g/mol. The molecule has 1 aliphatic rings. The van der Waals surface area contributed by atoms with Gasteiger partial charge in [0.1, 0.15) is 0 Å². The highest BCUT2D eigenvalue weighted by Gasteiger charge is 2.15. The Morgan fingerprint density at radius 2 is 1.70 bits per heavy atom. The number of carbonyl (C=O) groups excluding carboxylic acids is 1. The van der Waals surface area contributed by atoms with Gasteiger partial charge in [0.2, 0.25) is 5.95 Å². The third-order valence-corrected chi connectivity index (χ3v) is 7.66. The predicted octanol–water partition coefficient (Wildman–Crippen LogP) is 5.55. The highest BCUT2D eigenvalue weighted by atomic mass is 16.5. The molecular formula is C33H34N8O2. The summed E-state index contributed by atoms with van der Waals surface area (Å²) in [5.74, 6) is 0.952. The Morgan fingerprint density at radius 3 is 2.47 bits per heavy atom. The van der Waals surface area contributed by atoms with Crippen molar-refractivity contribution in [3.05, 3.63) is 102 Å². The minimum Gasteiger partial charge on any atom is -0.356 e. The molecule has 1 amide bonds. The van der Waals surface area contributed by atoms with Gasteiger partial charge in [-0.05, 0) is 68.4 Å². The molecule has 218 valence electrons. The van der Waals surface area contributed by atoms with Crippen molar-refractivity contribution in [2.75, 3.05) is 43.9 Å². The smallest absolute Gasteiger partial charge is 0.255 e. The quantitative estimate of drug-likeness (QED) is 0.246. The zero-order valence-electron chi connectivity index (χ0n) is 24.5. The van der Waals surface area contributed by atoms with Crippen LogP contribution in [-0.4, -0.2) is 69.0 Å². The number of pyridine rings is 1. The van der Waals surface area contributed by atoms with Gasteiger partial charge in [0.15, 0.2) is 5.76 Å². The van der Waals surface area contributed by atoms with Crippen molar-refractivity contribution in [3.8, 4) is 22.6 Å². The van der Waals surface area contributed by atoms with Gasteiger partial charge in [-0.15, -0.1) is 0 Å². The first-order valence-corrected chi connectivity index (χ1v) is 14.3. The van der Waals surface area contributed by atoms with Crippen LogP contribution in [0.4, 0.5) is 17.3 Å². The molecule has 0 atom stereocenters. The molecule has 1 saturated heterocycles. The van der Waals surface area contributed by atoms with Gasteiger partial charge in [-0.3, -0.25) is 14.7 Å². The maximum absolute atomic E-state index is 13.1. The van der Waals surface area contributed by atoms with E-state index in [0.717, 1.165) is 60.7 Å². The molecule has 1 fully saturated rings. The van der Waals surface area contributed by atoms with Crippen LogP contribution in [0.5, 0.6) is 0 Å². The molecule has 1 aliphatic heterocycles. The van der Waals surface area contributed by atoms with E-state index in [-0.39, 0.29) is 5.91 Å². The molecule has 2 N–H and O–H groups in total. The molecule has 2 aromatic carbocycles. The first-order chi connectivity index (χ1) is 20.9. The number of aromatic nitrogens is 4. The zero-order valence-corrected chi connectivity index (χ0v) is 24.5. The molecule has 43 heavy (non-hydrogen) atoms. The van der Waals surface area contributed by atoms with E-state index in [2.05, 4.69) is 42.6 Å². The number of nitrogens with one attached hydrogen (secondary N) is 2. The van der Waals surface area contributed by atoms with Gasteiger partial charge in [0.25, 0.3) is 5.91 Å². The summed E-state index contributed by atoms with van der Waals surface area (Å²) in [4.78, 5) is 31.3. The van der Waals surface area contributed by atoms with E-state index in [0.29, 0.717) is 28.7 Å². The molecule has 6 rings (SSSR count). The number of piperazine rings is 1. The Balaban J connectivity index is 1.13. The van der Waals surface area contributed by atoms with Crippen LogP contribution < -0.4 is 10.6 Å². The van der Waals surface area contributed by atoms with Gasteiger partial charge in [0, 0.05) is 84.9 Å². The molecule has 3 aromatic heterocycles. The van der Waals surface area contributed by atoms with Crippen LogP contribution in [0.15, 0.2) is 83.9 Å². The van der Waals surface area contributed by atoms with E-state index in [9.17, 15) is 4.79 Å². The summed E-state index contributed by atoms with van der Waals surface area (Å²) in [6.07, 6.45) is 6.87. The summed E-state index contributed by atoms with van der Waals surface area (Å²) in [7, 11) is 2.16. The Labute approximate surface area is 250 Å². The van der Waals surface area contributed by atoms with E-state index in [1.165, 1.54) is 5.56 Å². The van der Waals surface area contributed by atoms with Crippen molar-refractivity contribution in [2.45, 2.75) is 20.4 Å². The van der Waals surface area contributed by atoms with Gasteiger partial charge in [-0.25, -0.2) is 9.97 Å². The number of nitrogens with zero attached hydrogens (tertiary/aromatic N) is 6. The summed E-state index contributed by atoms with van der Waals surface area (Å²) in [5.41, 5.74) is 7.58. The number of hydrogen-bond donors (Lipinski definition) is 2. The first-order valence-electron chi connectivity index (χ1n) is 14.3. The van der Waals surface area contributed by atoms with Crippen molar-refractivity contribution >= 4 is 23.2 Å². The second-order valence-corrected chi connectivity index (χ2v) is 11.0. The van der Waals surface area contributed by atoms with Crippen LogP contribution >= 0.6 is 0 Å². The number of hydrogen-bond acceptors (Lipinski definition) is 9. The van der Waals surface area contributed by atoms with Crippen LogP contribution in [0.3, 0.4) is 0 Å². The number of anilines is 3. The maximum atomic E-state index is 13.1. The van der Waals surface area contributed by atoms with Crippen molar-refractivity contribution in [1.29, 1.82) is 0 Å². The number of carbonyl (C=O) groups is 1. The summed E-state index contributed by atoms with van der Waals surface area (Å²) < 4.78 is 5.39. The molecule has 0 saturated carbocycles. The average molecular weight is 575 g/mol. The molecule has 4 heterocycles. The molecule has 0 unspecified atom stereocenters. The largest absolute Gasteiger partial charge is 0.356 e. The van der Waals surface area contributed by atoms with Gasteiger partial charge in [0.05, 0.1) is 11.9 Å². The lowest BCUT2D eigenvalue weighted by molar-refractivity contribution is 0.102. The number of likely N-dealkylation sites (N-methyl/N-ethyl adjacent to an activating group) is 1. The lowest BCUT2D eigenvalue weighted by Crippen LogP contribution is -2.43. The Morgan fingerprint density at radius 1 is 0.907 bits per heavy atom. The highest BCUT2D eigenvalue weighted by molar-refractivity contribution is 6.04. The van der Waals surface area contributed by atoms with Gasteiger partial charge in [-0.2, -0.15) is 0 Å². The molecule has 0 radical (unpaired) electrons. The minimum atomic E-state index is -0.159. The van der Waals surface area contributed by atoms with Crippen molar-refractivity contribution in [3.63, 3.8) is 0 Å². The van der Waals surface area contributed by atoms with Crippen LogP contribution in [0, 0.1) is 13.8 Å². The first kappa shape index (κ1) is 28.2. The number of benzene rings is 2. The average Bonchev–Trinajstić information content (AvgIpc) is 3.46. The standard InChI is InChI=1S/C33H34N8O2/c1-22-4-9-28(37-32(42)25-7-5-24(6-8-25)21-41-14-12-40(3)13-15-41)17-30(22)39-33-35-11-10-29(38-33)26-16-27(20-34-19-26)31-23(2)18-36-43-31/h4-11,16-20H,12-15,21H2,1-3H3,(H,37,42)(H,35,38,39). The second kappa shape index (κ2) is 12.5. The lowest BCUT2D eigenvalue weighted by Gasteiger charge is -2.32. The fourth-order valence-electron chi connectivity index (χ4n) is 5.04. The fraction of sp³-hybridized carbons (Fsp3) is 0.242. The van der Waals surface area contributed by atoms with E-state index in [1.54, 1.807) is 24.8 Å². The van der Waals surface area contributed by atoms with Crippen molar-refractivity contribution in [2.24, 2.45) is 0 Å². The van der Waals surface area contributed by atoms with Crippen LogP contribution in [0.25, 0.3) is 22.6 Å². The fourth-order valence-corrected chi connectivity index (χ4v) is 5.04. The summed E-state index contributed by atoms with van der Waals surface area (Å²) in [6, 6.07) is 17.4. The molecule has 10 heteroatoms. The molecule has 0 spiro atoms. The maximum Gasteiger partial charge on any atom is 0.255 e. The minimum absolute atomic E-state index is 0.159. The third-order valence-electron chi connectivity index (χ3n) is 7.66. The Hall–Kier alpha value is -4.93. The van der Waals surface area contributed by atoms with Gasteiger partial charge in [-0.1, -0.05) is 23.4 Å².